The van der Waals surface area contributed by atoms with Crippen molar-refractivity contribution in [1.29, 1.82) is 0 Å². The SMILES string of the molecule is CC(=O)c1ccccc1NC(=O)C(C)Oc1ccc(C)cc1. The molecule has 0 aliphatic rings. The Labute approximate surface area is 130 Å². The second kappa shape index (κ2) is 6.89. The van der Waals surface area contributed by atoms with Crippen LogP contribution in [-0.4, -0.2) is 17.8 Å². The molecule has 0 aliphatic carbocycles. The summed E-state index contributed by atoms with van der Waals surface area (Å²) in [6.07, 6.45) is -0.664. The zero-order chi connectivity index (χ0) is 16.1. The number of anilines is 1. The predicted molar refractivity (Wildman–Crippen MR) is 86.3 cm³/mol. The highest BCUT2D eigenvalue weighted by Gasteiger charge is 2.17. The number of carbonyl (C=O) groups excluding carboxylic acids is 2. The number of rotatable bonds is 5. The minimum atomic E-state index is -0.664. The van der Waals surface area contributed by atoms with Crippen molar-refractivity contribution < 1.29 is 14.3 Å². The molecule has 4 heteroatoms. The van der Waals surface area contributed by atoms with Gasteiger partial charge in [0, 0.05) is 5.56 Å². The summed E-state index contributed by atoms with van der Waals surface area (Å²) in [7, 11) is 0. The van der Waals surface area contributed by atoms with Crippen LogP contribution in [0, 0.1) is 6.92 Å². The molecule has 0 spiro atoms. The van der Waals surface area contributed by atoms with Crippen molar-refractivity contribution in [3.8, 4) is 5.75 Å². The maximum absolute atomic E-state index is 12.2. The van der Waals surface area contributed by atoms with Crippen molar-refractivity contribution in [2.24, 2.45) is 0 Å². The van der Waals surface area contributed by atoms with E-state index in [4.69, 9.17) is 4.74 Å². The number of amides is 1. The normalized spacial score (nSPS) is 11.6. The van der Waals surface area contributed by atoms with Crippen LogP contribution in [0.3, 0.4) is 0 Å². The third-order valence-electron chi connectivity index (χ3n) is 3.27. The number of ether oxygens (including phenoxy) is 1. The highest BCUT2D eigenvalue weighted by Crippen LogP contribution is 2.17. The van der Waals surface area contributed by atoms with Crippen LogP contribution in [0.5, 0.6) is 5.75 Å². The molecule has 1 amide bonds. The topological polar surface area (TPSA) is 55.4 Å². The monoisotopic (exact) mass is 297 g/mol. The summed E-state index contributed by atoms with van der Waals surface area (Å²) in [5, 5.41) is 2.74. The summed E-state index contributed by atoms with van der Waals surface area (Å²) < 4.78 is 5.61. The van der Waals surface area contributed by atoms with Crippen molar-refractivity contribution in [2.45, 2.75) is 26.9 Å². The van der Waals surface area contributed by atoms with E-state index in [1.807, 2.05) is 31.2 Å². The number of hydrogen-bond acceptors (Lipinski definition) is 3. The lowest BCUT2D eigenvalue weighted by Crippen LogP contribution is -2.30. The summed E-state index contributed by atoms with van der Waals surface area (Å²) in [4.78, 5) is 23.8. The van der Waals surface area contributed by atoms with E-state index in [-0.39, 0.29) is 11.7 Å². The van der Waals surface area contributed by atoms with Gasteiger partial charge in [-0.3, -0.25) is 9.59 Å². The van der Waals surface area contributed by atoms with Gasteiger partial charge in [-0.25, -0.2) is 0 Å². The van der Waals surface area contributed by atoms with Crippen LogP contribution in [0.4, 0.5) is 5.69 Å². The van der Waals surface area contributed by atoms with Crippen molar-refractivity contribution in [3.63, 3.8) is 0 Å². The van der Waals surface area contributed by atoms with E-state index in [1.54, 1.807) is 31.2 Å². The lowest BCUT2D eigenvalue weighted by molar-refractivity contribution is -0.122. The first-order valence-electron chi connectivity index (χ1n) is 7.11. The fraction of sp³-hybridized carbons (Fsp3) is 0.222. The fourth-order valence-corrected chi connectivity index (χ4v) is 2.01. The van der Waals surface area contributed by atoms with Gasteiger partial charge in [-0.05, 0) is 45.0 Å². The van der Waals surface area contributed by atoms with E-state index < -0.39 is 6.10 Å². The highest BCUT2D eigenvalue weighted by molar-refractivity contribution is 6.04. The minimum absolute atomic E-state index is 0.0944. The van der Waals surface area contributed by atoms with Crippen molar-refractivity contribution >= 4 is 17.4 Å². The third-order valence-corrected chi connectivity index (χ3v) is 3.27. The van der Waals surface area contributed by atoms with E-state index in [2.05, 4.69) is 5.32 Å². The average molecular weight is 297 g/mol. The van der Waals surface area contributed by atoms with Crippen molar-refractivity contribution in [2.75, 3.05) is 5.32 Å². The quantitative estimate of drug-likeness (QED) is 0.858. The molecule has 114 valence electrons. The molecule has 2 aromatic rings. The largest absolute Gasteiger partial charge is 0.481 e. The molecule has 2 rings (SSSR count). The molecule has 1 unspecified atom stereocenters. The van der Waals surface area contributed by atoms with E-state index >= 15 is 0 Å². The summed E-state index contributed by atoms with van der Waals surface area (Å²) in [5.74, 6) is 0.241. The second-order valence-electron chi connectivity index (χ2n) is 5.16. The molecule has 2 aromatic carbocycles. The molecule has 0 aliphatic heterocycles. The predicted octanol–water partition coefficient (Wildman–Crippen LogP) is 3.60. The van der Waals surface area contributed by atoms with Gasteiger partial charge >= 0.3 is 0 Å². The first-order chi connectivity index (χ1) is 10.5. The molecule has 0 bridgehead atoms. The van der Waals surface area contributed by atoms with Gasteiger partial charge in [0.2, 0.25) is 0 Å². The summed E-state index contributed by atoms with van der Waals surface area (Å²) in [6.45, 7) is 5.13. The van der Waals surface area contributed by atoms with Gasteiger partial charge in [-0.2, -0.15) is 0 Å². The third kappa shape index (κ3) is 3.95. The second-order valence-corrected chi connectivity index (χ2v) is 5.16. The Kier molecular flexibility index (Phi) is 4.94. The van der Waals surface area contributed by atoms with Gasteiger partial charge in [0.15, 0.2) is 11.9 Å². The Morgan fingerprint density at radius 2 is 1.68 bits per heavy atom. The molecule has 0 saturated heterocycles. The van der Waals surface area contributed by atoms with Gasteiger partial charge in [0.05, 0.1) is 5.69 Å². The van der Waals surface area contributed by atoms with Gasteiger partial charge in [0.1, 0.15) is 5.75 Å². The number of carbonyl (C=O) groups is 2. The minimum Gasteiger partial charge on any atom is -0.481 e. The van der Waals surface area contributed by atoms with Crippen LogP contribution in [0.2, 0.25) is 0 Å². The Morgan fingerprint density at radius 1 is 1.05 bits per heavy atom. The zero-order valence-corrected chi connectivity index (χ0v) is 12.9. The van der Waals surface area contributed by atoms with Crippen LogP contribution in [0.15, 0.2) is 48.5 Å². The number of Topliss-reactive ketones (excluding diaryl/α,β-unsaturated/α-hetero) is 1. The van der Waals surface area contributed by atoms with E-state index in [0.717, 1.165) is 5.56 Å². The Morgan fingerprint density at radius 3 is 2.32 bits per heavy atom. The van der Waals surface area contributed by atoms with Crippen LogP contribution in [0.1, 0.15) is 29.8 Å². The Bertz CT molecular complexity index is 677. The lowest BCUT2D eigenvalue weighted by atomic mass is 10.1. The van der Waals surface area contributed by atoms with Crippen molar-refractivity contribution in [1.82, 2.24) is 0 Å². The molecule has 0 fully saturated rings. The molecule has 22 heavy (non-hydrogen) atoms. The molecule has 0 saturated carbocycles. The van der Waals surface area contributed by atoms with Crippen LogP contribution >= 0.6 is 0 Å². The number of aryl methyl sites for hydroxylation is 1. The van der Waals surface area contributed by atoms with E-state index in [9.17, 15) is 9.59 Å². The summed E-state index contributed by atoms with van der Waals surface area (Å²) in [5.41, 5.74) is 2.11. The highest BCUT2D eigenvalue weighted by atomic mass is 16.5. The molecule has 1 atom stereocenters. The fourth-order valence-electron chi connectivity index (χ4n) is 2.01. The molecule has 0 aromatic heterocycles. The van der Waals surface area contributed by atoms with Gasteiger partial charge in [-0.15, -0.1) is 0 Å². The van der Waals surface area contributed by atoms with Gasteiger partial charge < -0.3 is 10.1 Å². The lowest BCUT2D eigenvalue weighted by Gasteiger charge is -2.16. The van der Waals surface area contributed by atoms with Gasteiger partial charge in [-0.1, -0.05) is 29.8 Å². The Hall–Kier alpha value is -2.62. The molecule has 0 heterocycles. The van der Waals surface area contributed by atoms with Crippen molar-refractivity contribution in [3.05, 3.63) is 59.7 Å². The number of ketones is 1. The Balaban J connectivity index is 2.05. The van der Waals surface area contributed by atoms with Crippen LogP contribution in [0.25, 0.3) is 0 Å². The molecule has 4 nitrogen and oxygen atoms in total. The van der Waals surface area contributed by atoms with Crippen LogP contribution in [-0.2, 0) is 4.79 Å². The molecular weight excluding hydrogens is 278 g/mol. The molecular formula is C18H19NO3. The maximum Gasteiger partial charge on any atom is 0.265 e. The first-order valence-corrected chi connectivity index (χ1v) is 7.11. The average Bonchev–Trinajstić information content (AvgIpc) is 2.49. The van der Waals surface area contributed by atoms with E-state index in [1.165, 1.54) is 6.92 Å². The molecule has 1 N–H and O–H groups in total. The number of hydrogen-bond donors (Lipinski definition) is 1. The van der Waals surface area contributed by atoms with Crippen LogP contribution < -0.4 is 10.1 Å². The smallest absolute Gasteiger partial charge is 0.265 e. The summed E-state index contributed by atoms with van der Waals surface area (Å²) >= 11 is 0. The first kappa shape index (κ1) is 15.8. The van der Waals surface area contributed by atoms with Gasteiger partial charge in [0.25, 0.3) is 5.91 Å². The standard InChI is InChI=1S/C18H19NO3/c1-12-8-10-15(11-9-12)22-14(3)18(21)19-17-7-5-4-6-16(17)13(2)20/h4-11,14H,1-3H3,(H,19,21). The zero-order valence-electron chi connectivity index (χ0n) is 12.9. The summed E-state index contributed by atoms with van der Waals surface area (Å²) in [6, 6.07) is 14.4. The number of para-hydroxylation sites is 1. The maximum atomic E-state index is 12.2. The molecule has 0 radical (unpaired) electrons. The van der Waals surface area contributed by atoms with E-state index in [0.29, 0.717) is 17.0 Å². The number of nitrogens with one attached hydrogen (secondary N) is 1. The number of benzene rings is 2.